The van der Waals surface area contributed by atoms with Gasteiger partial charge < -0.3 is 10.2 Å². The zero-order valence-electron chi connectivity index (χ0n) is 11.0. The predicted molar refractivity (Wildman–Crippen MR) is 80.7 cm³/mol. The minimum absolute atomic E-state index is 0. The van der Waals surface area contributed by atoms with Gasteiger partial charge in [-0.3, -0.25) is 4.79 Å². The van der Waals surface area contributed by atoms with Crippen LogP contribution in [0.5, 0.6) is 0 Å². The number of nitrogens with one attached hydrogen (secondary N) is 1. The predicted octanol–water partition coefficient (Wildman–Crippen LogP) is 2.66. The lowest BCUT2D eigenvalue weighted by Crippen LogP contribution is -2.41. The Labute approximate surface area is 124 Å². The molecular weight excluding hydrogens is 280 g/mol. The van der Waals surface area contributed by atoms with Crippen LogP contribution in [0.4, 0.5) is 0 Å². The lowest BCUT2D eigenvalue weighted by Gasteiger charge is -2.29. The van der Waals surface area contributed by atoms with Crippen molar-refractivity contribution in [3.05, 3.63) is 22.4 Å². The molecule has 1 aromatic rings. The van der Waals surface area contributed by atoms with E-state index < -0.39 is 0 Å². The van der Waals surface area contributed by atoms with Crippen LogP contribution in [-0.4, -0.2) is 29.9 Å². The van der Waals surface area contributed by atoms with Crippen LogP contribution in [0.2, 0.25) is 0 Å². The third-order valence-corrected chi connectivity index (χ3v) is 4.73. The normalized spacial score (nSPS) is 19.8. The van der Waals surface area contributed by atoms with Gasteiger partial charge in [-0.05, 0) is 50.2 Å². The van der Waals surface area contributed by atoms with E-state index in [2.05, 4.69) is 27.7 Å². The molecule has 2 fully saturated rings. The maximum absolute atomic E-state index is 12.6. The monoisotopic (exact) mass is 300 g/mol. The van der Waals surface area contributed by atoms with Crippen molar-refractivity contribution in [1.29, 1.82) is 0 Å². The number of hydrogen-bond donors (Lipinski definition) is 1. The first kappa shape index (κ1) is 14.8. The highest BCUT2D eigenvalue weighted by Gasteiger charge is 2.36. The van der Waals surface area contributed by atoms with Gasteiger partial charge in [0.2, 0.25) is 5.91 Å². The van der Waals surface area contributed by atoms with E-state index in [4.69, 9.17) is 0 Å². The highest BCUT2D eigenvalue weighted by Crippen LogP contribution is 2.31. The van der Waals surface area contributed by atoms with Gasteiger partial charge in [0.15, 0.2) is 0 Å². The van der Waals surface area contributed by atoms with Crippen LogP contribution in [0.15, 0.2) is 17.5 Å². The van der Waals surface area contributed by atoms with Crippen LogP contribution in [-0.2, 0) is 11.3 Å². The Morgan fingerprint density at radius 3 is 2.63 bits per heavy atom. The molecule has 1 aliphatic heterocycles. The summed E-state index contributed by atoms with van der Waals surface area (Å²) in [5, 5.41) is 5.42. The van der Waals surface area contributed by atoms with E-state index >= 15 is 0 Å². The van der Waals surface area contributed by atoms with Crippen LogP contribution in [0, 0.1) is 5.92 Å². The molecular formula is C14H21ClN2OS. The molecule has 1 saturated heterocycles. The fourth-order valence-corrected chi connectivity index (χ4v) is 3.35. The fourth-order valence-electron chi connectivity index (χ4n) is 2.65. The molecule has 1 aliphatic carbocycles. The minimum Gasteiger partial charge on any atom is -0.334 e. The average Bonchev–Trinajstić information content (AvgIpc) is 3.13. The fraction of sp³-hybridized carbons (Fsp3) is 0.643. The maximum Gasteiger partial charge on any atom is 0.226 e. The smallest absolute Gasteiger partial charge is 0.226 e. The largest absolute Gasteiger partial charge is 0.334 e. The van der Waals surface area contributed by atoms with E-state index in [1.165, 1.54) is 17.7 Å². The van der Waals surface area contributed by atoms with E-state index in [0.717, 1.165) is 32.5 Å². The van der Waals surface area contributed by atoms with Gasteiger partial charge in [0.05, 0.1) is 6.54 Å². The SMILES string of the molecule is Cl.O=C(C1CCNCC1)N(Cc1cccs1)C1CC1. The molecule has 0 bridgehead atoms. The van der Waals surface area contributed by atoms with Crippen LogP contribution in [0.1, 0.15) is 30.6 Å². The number of halogens is 1. The molecule has 1 amide bonds. The Morgan fingerprint density at radius 1 is 1.32 bits per heavy atom. The molecule has 19 heavy (non-hydrogen) atoms. The number of carbonyl (C=O) groups is 1. The van der Waals surface area contributed by atoms with E-state index in [1.54, 1.807) is 11.3 Å². The molecule has 0 spiro atoms. The molecule has 0 atom stereocenters. The van der Waals surface area contributed by atoms with E-state index in [1.807, 2.05) is 0 Å². The van der Waals surface area contributed by atoms with Crippen molar-refractivity contribution in [2.75, 3.05) is 13.1 Å². The Kier molecular flexibility index (Phi) is 5.25. The minimum atomic E-state index is 0. The van der Waals surface area contributed by atoms with Gasteiger partial charge in [-0.2, -0.15) is 0 Å². The topological polar surface area (TPSA) is 32.3 Å². The summed E-state index contributed by atoms with van der Waals surface area (Å²) in [7, 11) is 0. The first-order chi connectivity index (χ1) is 8.84. The lowest BCUT2D eigenvalue weighted by atomic mass is 9.96. The van der Waals surface area contributed by atoms with Crippen molar-refractivity contribution >= 4 is 29.7 Å². The second-order valence-corrected chi connectivity index (χ2v) is 6.33. The molecule has 0 unspecified atom stereocenters. The second-order valence-electron chi connectivity index (χ2n) is 5.30. The number of amides is 1. The summed E-state index contributed by atoms with van der Waals surface area (Å²) in [6.45, 7) is 2.81. The number of hydrogen-bond acceptors (Lipinski definition) is 3. The quantitative estimate of drug-likeness (QED) is 0.927. The number of piperidine rings is 1. The maximum atomic E-state index is 12.6. The Hall–Kier alpha value is -0.580. The molecule has 1 saturated carbocycles. The number of carbonyl (C=O) groups excluding carboxylic acids is 1. The van der Waals surface area contributed by atoms with Gasteiger partial charge in [0, 0.05) is 16.8 Å². The second kappa shape index (κ2) is 6.73. The van der Waals surface area contributed by atoms with Gasteiger partial charge in [-0.15, -0.1) is 23.7 Å². The molecule has 5 heteroatoms. The molecule has 2 heterocycles. The molecule has 3 rings (SSSR count). The van der Waals surface area contributed by atoms with Gasteiger partial charge in [-0.25, -0.2) is 0 Å². The first-order valence-corrected chi connectivity index (χ1v) is 7.76. The van der Waals surface area contributed by atoms with Crippen molar-refractivity contribution in [2.24, 2.45) is 5.92 Å². The van der Waals surface area contributed by atoms with Crippen LogP contribution < -0.4 is 5.32 Å². The highest BCUT2D eigenvalue weighted by molar-refractivity contribution is 7.09. The van der Waals surface area contributed by atoms with Crippen molar-refractivity contribution in [2.45, 2.75) is 38.3 Å². The molecule has 2 aliphatic rings. The lowest BCUT2D eigenvalue weighted by molar-refractivity contribution is -0.137. The molecule has 1 aromatic heterocycles. The molecule has 1 N–H and O–H groups in total. The molecule has 106 valence electrons. The zero-order valence-corrected chi connectivity index (χ0v) is 12.6. The van der Waals surface area contributed by atoms with E-state index in [-0.39, 0.29) is 18.3 Å². The summed E-state index contributed by atoms with van der Waals surface area (Å²) in [6.07, 6.45) is 4.41. The Morgan fingerprint density at radius 2 is 2.05 bits per heavy atom. The van der Waals surface area contributed by atoms with Crippen LogP contribution in [0.3, 0.4) is 0 Å². The average molecular weight is 301 g/mol. The summed E-state index contributed by atoms with van der Waals surface area (Å²) < 4.78 is 0. The van der Waals surface area contributed by atoms with E-state index in [0.29, 0.717) is 11.9 Å². The van der Waals surface area contributed by atoms with Gasteiger partial charge in [-0.1, -0.05) is 6.07 Å². The first-order valence-electron chi connectivity index (χ1n) is 6.88. The molecule has 3 nitrogen and oxygen atoms in total. The van der Waals surface area contributed by atoms with Crippen molar-refractivity contribution in [3.8, 4) is 0 Å². The van der Waals surface area contributed by atoms with Gasteiger partial charge in [0.1, 0.15) is 0 Å². The summed E-state index contributed by atoms with van der Waals surface area (Å²) in [5.74, 6) is 0.652. The number of nitrogens with zero attached hydrogens (tertiary/aromatic N) is 1. The highest BCUT2D eigenvalue weighted by atomic mass is 35.5. The molecule has 0 aromatic carbocycles. The van der Waals surface area contributed by atoms with Gasteiger partial charge in [0.25, 0.3) is 0 Å². The standard InChI is InChI=1S/C14H20N2OS.ClH/c17-14(11-5-7-15-8-6-11)16(12-3-4-12)10-13-2-1-9-18-13;/h1-2,9,11-12,15H,3-8,10H2;1H. The van der Waals surface area contributed by atoms with Crippen molar-refractivity contribution < 1.29 is 4.79 Å². The van der Waals surface area contributed by atoms with Crippen molar-refractivity contribution in [1.82, 2.24) is 10.2 Å². The van der Waals surface area contributed by atoms with Crippen molar-refractivity contribution in [3.63, 3.8) is 0 Å². The summed E-state index contributed by atoms with van der Waals surface area (Å²) >= 11 is 1.75. The number of rotatable bonds is 4. The third kappa shape index (κ3) is 3.71. The third-order valence-electron chi connectivity index (χ3n) is 3.87. The number of thiophene rings is 1. The van der Waals surface area contributed by atoms with E-state index in [9.17, 15) is 4.79 Å². The summed E-state index contributed by atoms with van der Waals surface area (Å²) in [6, 6.07) is 4.73. The van der Waals surface area contributed by atoms with Crippen LogP contribution in [0.25, 0.3) is 0 Å². The summed E-state index contributed by atoms with van der Waals surface area (Å²) in [4.78, 5) is 16.1. The van der Waals surface area contributed by atoms with Crippen LogP contribution >= 0.6 is 23.7 Å². The zero-order chi connectivity index (χ0) is 12.4. The molecule has 0 radical (unpaired) electrons. The Balaban J connectivity index is 0.00000133. The summed E-state index contributed by atoms with van der Waals surface area (Å²) in [5.41, 5.74) is 0. The van der Waals surface area contributed by atoms with Gasteiger partial charge >= 0.3 is 0 Å². The Bertz CT molecular complexity index is 400.